The van der Waals surface area contributed by atoms with Gasteiger partial charge in [0, 0.05) is 37.0 Å². The quantitative estimate of drug-likeness (QED) is 0.781. The van der Waals surface area contributed by atoms with Gasteiger partial charge in [0.15, 0.2) is 0 Å². The van der Waals surface area contributed by atoms with Crippen LogP contribution >= 0.6 is 0 Å². The first-order valence-electron chi connectivity index (χ1n) is 8.83. The van der Waals surface area contributed by atoms with Crippen LogP contribution in [-0.2, 0) is 19.4 Å². The van der Waals surface area contributed by atoms with Gasteiger partial charge in [0.2, 0.25) is 5.76 Å². The molecule has 7 heteroatoms. The van der Waals surface area contributed by atoms with Crippen molar-refractivity contribution in [3.05, 3.63) is 53.4 Å². The number of amides is 1. The van der Waals surface area contributed by atoms with Crippen LogP contribution in [0.2, 0.25) is 0 Å². The van der Waals surface area contributed by atoms with Crippen molar-refractivity contribution in [2.24, 2.45) is 5.92 Å². The van der Waals surface area contributed by atoms with Crippen molar-refractivity contribution in [1.29, 1.82) is 0 Å². The molecule has 0 atom stereocenters. The normalized spacial score (nSPS) is 13.9. The Morgan fingerprint density at radius 2 is 2.31 bits per heavy atom. The summed E-state index contributed by atoms with van der Waals surface area (Å²) in [4.78, 5) is 26.6. The number of rotatable bonds is 4. The zero-order valence-electron chi connectivity index (χ0n) is 14.9. The highest BCUT2D eigenvalue weighted by molar-refractivity contribution is 5.91. The molecule has 1 aliphatic rings. The fourth-order valence-electron chi connectivity index (χ4n) is 3.19. The van der Waals surface area contributed by atoms with Gasteiger partial charge in [-0.3, -0.25) is 9.78 Å². The van der Waals surface area contributed by atoms with Crippen LogP contribution in [-0.4, -0.2) is 37.5 Å². The number of hydrogen-bond donors (Lipinski definition) is 1. The number of nitrogens with zero attached hydrogens (tertiary/aromatic N) is 4. The van der Waals surface area contributed by atoms with Crippen LogP contribution in [0, 0.1) is 5.92 Å². The standard InChI is InChI=1S/C19H21N5O2/c1-12(2)8-14-9-17(26-23-14)19(25)24-7-5-15-16(11-24)22-18(21-15)13-4-3-6-20-10-13/h3-4,6,9-10,12H,5,7-8,11H2,1-2H3,(H,21,22). The SMILES string of the molecule is CC(C)Cc1cc(C(=O)N2CCc3nc(-c4cccnc4)[nH]c3C2)on1. The molecule has 7 nitrogen and oxygen atoms in total. The summed E-state index contributed by atoms with van der Waals surface area (Å²) in [5, 5.41) is 4.01. The average molecular weight is 351 g/mol. The van der Waals surface area contributed by atoms with E-state index in [4.69, 9.17) is 4.52 Å². The molecule has 1 N–H and O–H groups in total. The van der Waals surface area contributed by atoms with Crippen molar-refractivity contribution in [1.82, 2.24) is 25.0 Å². The summed E-state index contributed by atoms with van der Waals surface area (Å²) in [6, 6.07) is 5.60. The molecule has 0 fully saturated rings. The van der Waals surface area contributed by atoms with Gasteiger partial charge in [0.25, 0.3) is 5.91 Å². The maximum Gasteiger partial charge on any atom is 0.292 e. The van der Waals surface area contributed by atoms with Gasteiger partial charge in [-0.05, 0) is 24.5 Å². The van der Waals surface area contributed by atoms with Gasteiger partial charge >= 0.3 is 0 Å². The highest BCUT2D eigenvalue weighted by atomic mass is 16.5. The first-order chi connectivity index (χ1) is 12.6. The lowest BCUT2D eigenvalue weighted by Crippen LogP contribution is -2.35. The molecule has 26 heavy (non-hydrogen) atoms. The molecule has 0 saturated carbocycles. The van der Waals surface area contributed by atoms with Crippen molar-refractivity contribution in [3.8, 4) is 11.4 Å². The predicted molar refractivity (Wildman–Crippen MR) is 95.3 cm³/mol. The Labute approximate surface area is 151 Å². The molecule has 0 bridgehead atoms. The highest BCUT2D eigenvalue weighted by Crippen LogP contribution is 2.23. The number of carbonyl (C=O) groups is 1. The molecular formula is C19H21N5O2. The van der Waals surface area contributed by atoms with E-state index in [1.807, 2.05) is 12.1 Å². The van der Waals surface area contributed by atoms with Gasteiger partial charge in [0.1, 0.15) is 5.82 Å². The smallest absolute Gasteiger partial charge is 0.292 e. The zero-order chi connectivity index (χ0) is 18.1. The third-order valence-electron chi connectivity index (χ3n) is 4.44. The molecule has 1 amide bonds. The molecule has 3 aromatic rings. The third-order valence-corrected chi connectivity index (χ3v) is 4.44. The van der Waals surface area contributed by atoms with Crippen LogP contribution in [0.1, 0.15) is 41.5 Å². The van der Waals surface area contributed by atoms with Crippen LogP contribution in [0.25, 0.3) is 11.4 Å². The molecule has 0 aliphatic carbocycles. The van der Waals surface area contributed by atoms with Gasteiger partial charge < -0.3 is 14.4 Å². The molecule has 134 valence electrons. The second-order valence-electron chi connectivity index (χ2n) is 7.01. The topological polar surface area (TPSA) is 87.9 Å². The van der Waals surface area contributed by atoms with E-state index in [9.17, 15) is 4.79 Å². The maximum atomic E-state index is 12.7. The summed E-state index contributed by atoms with van der Waals surface area (Å²) in [5.41, 5.74) is 3.73. The van der Waals surface area contributed by atoms with Crippen LogP contribution in [0.5, 0.6) is 0 Å². The van der Waals surface area contributed by atoms with Crippen LogP contribution in [0.3, 0.4) is 0 Å². The summed E-state index contributed by atoms with van der Waals surface area (Å²) < 4.78 is 5.27. The Morgan fingerprint density at radius 1 is 1.42 bits per heavy atom. The van der Waals surface area contributed by atoms with Crippen molar-refractivity contribution in [2.45, 2.75) is 33.2 Å². The number of nitrogens with one attached hydrogen (secondary N) is 1. The minimum Gasteiger partial charge on any atom is -0.351 e. The van der Waals surface area contributed by atoms with E-state index in [-0.39, 0.29) is 5.91 Å². The van der Waals surface area contributed by atoms with E-state index in [2.05, 4.69) is 34.0 Å². The van der Waals surface area contributed by atoms with Crippen LogP contribution in [0.4, 0.5) is 0 Å². The number of aromatic amines is 1. The first kappa shape index (κ1) is 16.5. The number of pyridine rings is 1. The second-order valence-corrected chi connectivity index (χ2v) is 7.01. The number of aromatic nitrogens is 4. The summed E-state index contributed by atoms with van der Waals surface area (Å²) in [7, 11) is 0. The van der Waals surface area contributed by atoms with E-state index < -0.39 is 0 Å². The predicted octanol–water partition coefficient (Wildman–Crippen LogP) is 2.86. The lowest BCUT2D eigenvalue weighted by Gasteiger charge is -2.24. The molecule has 0 aromatic carbocycles. The Hall–Kier alpha value is -2.96. The van der Waals surface area contributed by atoms with E-state index in [0.29, 0.717) is 31.2 Å². The van der Waals surface area contributed by atoms with Gasteiger partial charge in [0.05, 0.1) is 23.6 Å². The maximum absolute atomic E-state index is 12.7. The number of fused-ring (bicyclic) bond motifs is 1. The first-order valence-corrected chi connectivity index (χ1v) is 8.83. The lowest BCUT2D eigenvalue weighted by atomic mass is 10.1. The average Bonchev–Trinajstić information content (AvgIpc) is 3.27. The fraction of sp³-hybridized carbons (Fsp3) is 0.368. The zero-order valence-corrected chi connectivity index (χ0v) is 14.9. The van der Waals surface area contributed by atoms with E-state index >= 15 is 0 Å². The second kappa shape index (κ2) is 6.74. The Kier molecular flexibility index (Phi) is 4.28. The number of carbonyl (C=O) groups excluding carboxylic acids is 1. The van der Waals surface area contributed by atoms with E-state index in [0.717, 1.165) is 34.9 Å². The van der Waals surface area contributed by atoms with Gasteiger partial charge in [-0.1, -0.05) is 19.0 Å². The van der Waals surface area contributed by atoms with E-state index in [1.54, 1.807) is 23.4 Å². The van der Waals surface area contributed by atoms with E-state index in [1.165, 1.54) is 0 Å². The van der Waals surface area contributed by atoms with Gasteiger partial charge in [-0.15, -0.1) is 0 Å². The molecule has 3 aromatic heterocycles. The fourth-order valence-corrected chi connectivity index (χ4v) is 3.19. The summed E-state index contributed by atoms with van der Waals surface area (Å²) in [6.45, 7) is 5.33. The molecule has 0 spiro atoms. The Balaban J connectivity index is 1.50. The van der Waals surface area contributed by atoms with Gasteiger partial charge in [-0.2, -0.15) is 0 Å². The molecule has 0 radical (unpaired) electrons. The largest absolute Gasteiger partial charge is 0.351 e. The molecule has 0 unspecified atom stereocenters. The van der Waals surface area contributed by atoms with Crippen molar-refractivity contribution >= 4 is 5.91 Å². The van der Waals surface area contributed by atoms with Crippen LogP contribution in [0.15, 0.2) is 35.1 Å². The number of hydrogen-bond acceptors (Lipinski definition) is 5. The Morgan fingerprint density at radius 3 is 3.08 bits per heavy atom. The van der Waals surface area contributed by atoms with Gasteiger partial charge in [-0.25, -0.2) is 4.98 Å². The van der Waals surface area contributed by atoms with Crippen molar-refractivity contribution in [3.63, 3.8) is 0 Å². The minimum absolute atomic E-state index is 0.129. The monoisotopic (exact) mass is 351 g/mol. The summed E-state index contributed by atoms with van der Waals surface area (Å²) >= 11 is 0. The minimum atomic E-state index is -0.129. The van der Waals surface area contributed by atoms with Crippen molar-refractivity contribution < 1.29 is 9.32 Å². The molecule has 4 heterocycles. The number of H-pyrrole nitrogens is 1. The third kappa shape index (κ3) is 3.24. The highest BCUT2D eigenvalue weighted by Gasteiger charge is 2.27. The number of imidazole rings is 1. The van der Waals surface area contributed by atoms with Crippen LogP contribution < -0.4 is 0 Å². The molecular weight excluding hydrogens is 330 g/mol. The lowest BCUT2D eigenvalue weighted by molar-refractivity contribution is 0.0689. The summed E-state index contributed by atoms with van der Waals surface area (Å²) in [5.74, 6) is 1.43. The molecule has 4 rings (SSSR count). The molecule has 1 aliphatic heterocycles. The Bertz CT molecular complexity index is 913. The van der Waals surface area contributed by atoms with Crippen molar-refractivity contribution in [2.75, 3.05) is 6.54 Å². The summed E-state index contributed by atoms with van der Waals surface area (Å²) in [6.07, 6.45) is 5.02. The molecule has 0 saturated heterocycles.